The van der Waals surface area contributed by atoms with E-state index < -0.39 is 17.6 Å². The number of esters is 1. The van der Waals surface area contributed by atoms with Crippen molar-refractivity contribution in [2.24, 2.45) is 11.3 Å². The highest BCUT2D eigenvalue weighted by molar-refractivity contribution is 14.1. The standard InChI is InChI=1S/C42H46ClIN2O4/c1-27(2)23-35(39-37(47)24-41(4,5)25-38(39)48)45-26-36(46-44)40(49)50-42(31-11-7-6-8-12-31,33-13-9-10-14-34(33)43)32-21-19-30(20-22-32)29-17-15-28(3)16-18-29/h6-15,17,19-22,27,29,36,45-46H,3,16,18,23-26H2,1-2,4-5H3. The van der Waals surface area contributed by atoms with E-state index in [-0.39, 0.29) is 40.9 Å². The molecule has 3 unspecified atom stereocenters. The summed E-state index contributed by atoms with van der Waals surface area (Å²) in [5, 5.41) is 3.79. The van der Waals surface area contributed by atoms with Crippen LogP contribution in [0.4, 0.5) is 0 Å². The van der Waals surface area contributed by atoms with E-state index >= 15 is 0 Å². The molecule has 3 aromatic rings. The van der Waals surface area contributed by atoms with Crippen LogP contribution in [-0.2, 0) is 24.7 Å². The number of hydrogen-bond acceptors (Lipinski definition) is 6. The molecular formula is C42H46ClIN2O4. The van der Waals surface area contributed by atoms with Crippen molar-refractivity contribution in [2.45, 2.75) is 77.4 Å². The van der Waals surface area contributed by atoms with Crippen molar-refractivity contribution in [3.8, 4) is 0 Å². The van der Waals surface area contributed by atoms with Gasteiger partial charge in [-0.1, -0.05) is 136 Å². The number of ketones is 2. The van der Waals surface area contributed by atoms with Gasteiger partial charge in [-0.15, -0.1) is 0 Å². The lowest BCUT2D eigenvalue weighted by molar-refractivity contribution is -0.155. The molecule has 0 heterocycles. The van der Waals surface area contributed by atoms with Crippen molar-refractivity contribution in [2.75, 3.05) is 6.54 Å². The Hall–Kier alpha value is -3.53. The highest BCUT2D eigenvalue weighted by Crippen LogP contribution is 2.44. The molecule has 262 valence electrons. The van der Waals surface area contributed by atoms with Gasteiger partial charge in [-0.3, -0.25) is 14.4 Å². The summed E-state index contributed by atoms with van der Waals surface area (Å²) in [6, 6.07) is 24.5. The first kappa shape index (κ1) is 37.7. The predicted octanol–water partition coefficient (Wildman–Crippen LogP) is 9.32. The molecule has 0 amide bonds. The average Bonchev–Trinajstić information content (AvgIpc) is 3.07. The number of halogens is 2. The molecule has 0 aromatic heterocycles. The number of ether oxygens (including phenoxy) is 1. The first-order valence-corrected chi connectivity index (χ1v) is 18.7. The number of benzene rings is 3. The molecule has 3 aromatic carbocycles. The van der Waals surface area contributed by atoms with E-state index in [1.54, 1.807) is 6.07 Å². The maximum atomic E-state index is 14.5. The smallest absolute Gasteiger partial charge is 0.327 e. The molecule has 0 bridgehead atoms. The molecule has 0 spiro atoms. The Morgan fingerprint density at radius 2 is 1.60 bits per heavy atom. The molecule has 2 aliphatic rings. The van der Waals surface area contributed by atoms with Crippen LogP contribution >= 0.6 is 34.5 Å². The molecule has 2 N–H and O–H groups in total. The fourth-order valence-electron chi connectivity index (χ4n) is 6.97. The van der Waals surface area contributed by atoms with E-state index in [1.165, 1.54) is 5.56 Å². The number of allylic oxidation sites excluding steroid dienone is 5. The Balaban J connectivity index is 1.53. The zero-order valence-corrected chi connectivity index (χ0v) is 32.1. The Bertz CT molecular complexity index is 1780. The van der Waals surface area contributed by atoms with Gasteiger partial charge in [0.05, 0.1) is 5.57 Å². The third kappa shape index (κ3) is 8.49. The maximum absolute atomic E-state index is 14.5. The van der Waals surface area contributed by atoms with Crippen LogP contribution in [-0.4, -0.2) is 30.1 Å². The van der Waals surface area contributed by atoms with E-state index in [0.29, 0.717) is 35.5 Å². The van der Waals surface area contributed by atoms with Gasteiger partial charge in [-0.05, 0) is 42.2 Å². The minimum Gasteiger partial charge on any atom is -0.443 e. The number of rotatable bonds is 12. The van der Waals surface area contributed by atoms with E-state index in [0.717, 1.165) is 29.5 Å². The van der Waals surface area contributed by atoms with E-state index in [4.69, 9.17) is 16.3 Å². The third-order valence-corrected chi connectivity index (χ3v) is 10.5. The molecule has 1 fully saturated rings. The second-order valence-electron chi connectivity index (χ2n) is 14.6. The molecule has 0 aliphatic heterocycles. The van der Waals surface area contributed by atoms with Crippen LogP contribution < -0.4 is 8.85 Å². The van der Waals surface area contributed by atoms with Gasteiger partial charge in [0.25, 0.3) is 0 Å². The monoisotopic (exact) mass is 804 g/mol. The van der Waals surface area contributed by atoms with Crippen LogP contribution in [0.3, 0.4) is 0 Å². The Morgan fingerprint density at radius 1 is 0.980 bits per heavy atom. The number of nitrogens with one attached hydrogen (secondary N) is 2. The largest absolute Gasteiger partial charge is 0.443 e. The van der Waals surface area contributed by atoms with Crippen molar-refractivity contribution in [3.05, 3.63) is 142 Å². The number of Topliss-reactive ketones (excluding diaryl/α,β-unsaturated/α-hetero) is 2. The fraction of sp³-hybridized carbons (Fsp3) is 0.357. The molecule has 3 atom stereocenters. The average molecular weight is 805 g/mol. The van der Waals surface area contributed by atoms with Crippen molar-refractivity contribution in [1.82, 2.24) is 8.85 Å². The minimum absolute atomic E-state index is 0.100. The first-order chi connectivity index (χ1) is 23.8. The summed E-state index contributed by atoms with van der Waals surface area (Å²) in [5.41, 5.74) is 3.46. The lowest BCUT2D eigenvalue weighted by Crippen LogP contribution is -2.46. The molecule has 50 heavy (non-hydrogen) atoms. The number of carbonyl (C=O) groups is 3. The minimum atomic E-state index is -1.39. The molecule has 8 heteroatoms. The molecule has 1 saturated carbocycles. The Kier molecular flexibility index (Phi) is 12.2. The number of carbonyl (C=O) groups excluding carboxylic acids is 3. The highest BCUT2D eigenvalue weighted by atomic mass is 127. The molecule has 5 rings (SSSR count). The van der Waals surface area contributed by atoms with Gasteiger partial charge >= 0.3 is 5.97 Å². The normalized spacial score (nSPS) is 19.2. The van der Waals surface area contributed by atoms with Crippen LogP contribution in [0.15, 0.2) is 114 Å². The summed E-state index contributed by atoms with van der Waals surface area (Å²) in [6.07, 6.45) is 7.32. The second-order valence-corrected chi connectivity index (χ2v) is 15.6. The molecule has 0 radical (unpaired) electrons. The Labute approximate surface area is 315 Å². The predicted molar refractivity (Wildman–Crippen MR) is 209 cm³/mol. The van der Waals surface area contributed by atoms with Crippen molar-refractivity contribution in [1.29, 1.82) is 0 Å². The lowest BCUT2D eigenvalue weighted by atomic mass is 9.73. The summed E-state index contributed by atoms with van der Waals surface area (Å²) < 4.78 is 9.84. The molecular weight excluding hydrogens is 759 g/mol. The van der Waals surface area contributed by atoms with Crippen LogP contribution in [0.1, 0.15) is 88.0 Å². The van der Waals surface area contributed by atoms with Gasteiger partial charge in [-0.25, -0.2) is 3.53 Å². The van der Waals surface area contributed by atoms with Gasteiger partial charge in [-0.2, -0.15) is 0 Å². The van der Waals surface area contributed by atoms with Gasteiger partial charge in [0, 0.05) is 75.6 Å². The third-order valence-electron chi connectivity index (χ3n) is 9.46. The van der Waals surface area contributed by atoms with Gasteiger partial charge in [0.2, 0.25) is 0 Å². The zero-order valence-electron chi connectivity index (χ0n) is 29.2. The first-order valence-electron chi connectivity index (χ1n) is 17.2. The molecule has 6 nitrogen and oxygen atoms in total. The molecule has 2 aliphatic carbocycles. The van der Waals surface area contributed by atoms with Crippen LogP contribution in [0.5, 0.6) is 0 Å². The highest BCUT2D eigenvalue weighted by Gasteiger charge is 2.44. The quantitative estimate of drug-likeness (QED) is 0.0475. The summed E-state index contributed by atoms with van der Waals surface area (Å²) in [5.74, 6) is -0.393. The Morgan fingerprint density at radius 3 is 2.18 bits per heavy atom. The van der Waals surface area contributed by atoms with Gasteiger partial charge in [0.15, 0.2) is 17.2 Å². The topological polar surface area (TPSA) is 84.5 Å². The summed E-state index contributed by atoms with van der Waals surface area (Å²) in [7, 11) is 0. The van der Waals surface area contributed by atoms with E-state index in [1.807, 2.05) is 111 Å². The second kappa shape index (κ2) is 16.2. The summed E-state index contributed by atoms with van der Waals surface area (Å²) in [4.78, 5) is 41.0. The van der Waals surface area contributed by atoms with Crippen molar-refractivity contribution >= 4 is 52.0 Å². The van der Waals surface area contributed by atoms with E-state index in [9.17, 15) is 14.4 Å². The van der Waals surface area contributed by atoms with Crippen molar-refractivity contribution in [3.63, 3.8) is 0 Å². The van der Waals surface area contributed by atoms with Crippen molar-refractivity contribution < 1.29 is 19.1 Å². The van der Waals surface area contributed by atoms with Crippen LogP contribution in [0.2, 0.25) is 5.02 Å². The number of hydrogen-bond donors (Lipinski definition) is 2. The van der Waals surface area contributed by atoms with Gasteiger partial charge in [0.1, 0.15) is 6.04 Å². The summed E-state index contributed by atoms with van der Waals surface area (Å²) in [6.45, 7) is 12.2. The van der Waals surface area contributed by atoms with Crippen LogP contribution in [0, 0.1) is 11.3 Å². The maximum Gasteiger partial charge on any atom is 0.327 e. The summed E-state index contributed by atoms with van der Waals surface area (Å²) >= 11 is 8.91. The molecule has 0 saturated heterocycles. The zero-order chi connectivity index (χ0) is 36.1. The van der Waals surface area contributed by atoms with Crippen LogP contribution in [0.25, 0.3) is 0 Å². The van der Waals surface area contributed by atoms with E-state index in [2.05, 4.69) is 39.7 Å². The lowest BCUT2D eigenvalue weighted by Gasteiger charge is -2.37. The van der Waals surface area contributed by atoms with Gasteiger partial charge < -0.3 is 10.1 Å². The fourth-order valence-corrected chi connectivity index (χ4v) is 7.71. The SMILES string of the molecule is C=C1C=CC(c2ccc(C(OC(=O)C(CNC(CC(C)C)=C3C(=O)CC(C)(C)CC3=O)NI)(c3ccccc3)c3ccccc3Cl)cc2)CC1.